The van der Waals surface area contributed by atoms with Crippen molar-refractivity contribution in [3.8, 4) is 11.5 Å². The minimum absolute atomic E-state index is 0.125. The summed E-state index contributed by atoms with van der Waals surface area (Å²) in [6, 6.07) is 16.9. The number of hydrogen-bond acceptors (Lipinski definition) is 4. The summed E-state index contributed by atoms with van der Waals surface area (Å²) in [5.74, 6) is 1.01. The Morgan fingerprint density at radius 2 is 1.71 bits per heavy atom. The summed E-state index contributed by atoms with van der Waals surface area (Å²) in [6.45, 7) is 1.94. The number of hydrogen-bond donors (Lipinski definition) is 0. The van der Waals surface area contributed by atoms with Gasteiger partial charge in [0.05, 0.1) is 27.4 Å². The first-order valence-corrected chi connectivity index (χ1v) is 10.3. The van der Waals surface area contributed by atoms with E-state index in [0.717, 1.165) is 16.3 Å². The molecule has 31 heavy (non-hydrogen) atoms. The van der Waals surface area contributed by atoms with E-state index in [1.807, 2.05) is 42.6 Å². The number of aromatic nitrogens is 1. The third-order valence-corrected chi connectivity index (χ3v) is 5.39. The van der Waals surface area contributed by atoms with Crippen molar-refractivity contribution in [3.63, 3.8) is 0 Å². The highest BCUT2D eigenvalue weighted by molar-refractivity contribution is 6.31. The number of carbonyl (C=O) groups is 1. The zero-order valence-corrected chi connectivity index (χ0v) is 18.8. The van der Waals surface area contributed by atoms with E-state index in [1.165, 1.54) is 0 Å². The molecule has 0 N–H and O–H groups in total. The van der Waals surface area contributed by atoms with Crippen LogP contribution in [-0.2, 0) is 17.8 Å². The highest BCUT2D eigenvalue weighted by Gasteiger charge is 2.19. The van der Waals surface area contributed by atoms with Gasteiger partial charge in [0.15, 0.2) is 0 Å². The van der Waals surface area contributed by atoms with E-state index < -0.39 is 0 Å². The number of methoxy groups -OCH3 is 3. The van der Waals surface area contributed by atoms with E-state index in [9.17, 15) is 4.79 Å². The minimum Gasteiger partial charge on any atom is -0.497 e. The van der Waals surface area contributed by atoms with Gasteiger partial charge in [-0.1, -0.05) is 29.8 Å². The van der Waals surface area contributed by atoms with Gasteiger partial charge in [0.2, 0.25) is 0 Å². The molecule has 6 nitrogen and oxygen atoms in total. The first kappa shape index (κ1) is 22.7. The zero-order valence-electron chi connectivity index (χ0n) is 18.0. The second kappa shape index (κ2) is 10.9. The molecule has 7 heteroatoms. The summed E-state index contributed by atoms with van der Waals surface area (Å²) in [5, 5.41) is 0.720. The molecular formula is C24H27ClN2O4. The minimum atomic E-state index is -0.125. The van der Waals surface area contributed by atoms with Gasteiger partial charge in [-0.2, -0.15) is 0 Å². The average molecular weight is 443 g/mol. The van der Waals surface area contributed by atoms with Crippen molar-refractivity contribution in [2.45, 2.75) is 13.1 Å². The predicted molar refractivity (Wildman–Crippen MR) is 121 cm³/mol. The second-order valence-corrected chi connectivity index (χ2v) is 7.45. The first-order chi connectivity index (χ1) is 15.0. The first-order valence-electron chi connectivity index (χ1n) is 9.94. The summed E-state index contributed by atoms with van der Waals surface area (Å²) in [6.07, 6.45) is 1.99. The van der Waals surface area contributed by atoms with Gasteiger partial charge in [-0.3, -0.25) is 4.79 Å². The Kier molecular flexibility index (Phi) is 7.98. The molecular weight excluding hydrogens is 416 g/mol. The van der Waals surface area contributed by atoms with E-state index in [0.29, 0.717) is 43.3 Å². The van der Waals surface area contributed by atoms with Gasteiger partial charge in [0.25, 0.3) is 5.91 Å². The molecule has 0 aliphatic carbocycles. The van der Waals surface area contributed by atoms with Crippen LogP contribution < -0.4 is 9.47 Å². The monoisotopic (exact) mass is 442 g/mol. The van der Waals surface area contributed by atoms with Gasteiger partial charge < -0.3 is 23.7 Å². The molecule has 0 spiro atoms. The third kappa shape index (κ3) is 5.81. The van der Waals surface area contributed by atoms with Gasteiger partial charge in [-0.15, -0.1) is 0 Å². The zero-order chi connectivity index (χ0) is 22.2. The van der Waals surface area contributed by atoms with Gasteiger partial charge in [0, 0.05) is 48.7 Å². The highest BCUT2D eigenvalue weighted by atomic mass is 35.5. The average Bonchev–Trinajstić information content (AvgIpc) is 3.23. The molecule has 1 heterocycles. The molecule has 0 atom stereocenters. The second-order valence-electron chi connectivity index (χ2n) is 7.04. The van der Waals surface area contributed by atoms with Gasteiger partial charge >= 0.3 is 0 Å². The lowest BCUT2D eigenvalue weighted by molar-refractivity contribution is 0.0675. The van der Waals surface area contributed by atoms with Crippen molar-refractivity contribution in [2.24, 2.45) is 0 Å². The lowest BCUT2D eigenvalue weighted by atomic mass is 10.1. The van der Waals surface area contributed by atoms with E-state index in [-0.39, 0.29) is 5.91 Å². The number of rotatable bonds is 10. The molecule has 0 radical (unpaired) electrons. The number of carbonyl (C=O) groups excluding carboxylic acids is 1. The van der Waals surface area contributed by atoms with Crippen LogP contribution in [-0.4, -0.2) is 49.9 Å². The molecule has 0 fully saturated rings. The number of ether oxygens (including phenoxy) is 3. The topological polar surface area (TPSA) is 52.9 Å². The fraction of sp³-hybridized carbons (Fsp3) is 0.292. The van der Waals surface area contributed by atoms with Crippen molar-refractivity contribution in [2.75, 3.05) is 34.5 Å². The summed E-state index contributed by atoms with van der Waals surface area (Å²) < 4.78 is 18.0. The van der Waals surface area contributed by atoms with Crippen molar-refractivity contribution < 1.29 is 19.0 Å². The van der Waals surface area contributed by atoms with E-state index in [1.54, 1.807) is 44.4 Å². The van der Waals surface area contributed by atoms with Crippen LogP contribution in [0.5, 0.6) is 11.5 Å². The Hall–Kier alpha value is -2.96. The molecule has 2 aromatic carbocycles. The van der Waals surface area contributed by atoms with Crippen LogP contribution in [0.15, 0.2) is 60.8 Å². The molecule has 3 aromatic rings. The summed E-state index contributed by atoms with van der Waals surface area (Å²) in [7, 11) is 4.75. The van der Waals surface area contributed by atoms with Crippen LogP contribution in [0.1, 0.15) is 21.6 Å². The maximum atomic E-state index is 13.4. The van der Waals surface area contributed by atoms with Crippen molar-refractivity contribution in [3.05, 3.63) is 82.6 Å². The molecule has 1 aromatic heterocycles. The lowest BCUT2D eigenvalue weighted by Gasteiger charge is -2.24. The lowest BCUT2D eigenvalue weighted by Crippen LogP contribution is -2.34. The largest absolute Gasteiger partial charge is 0.497 e. The summed E-state index contributed by atoms with van der Waals surface area (Å²) in [4.78, 5) is 15.1. The predicted octanol–water partition coefficient (Wildman–Crippen LogP) is 4.50. The van der Waals surface area contributed by atoms with Crippen LogP contribution in [0.4, 0.5) is 0 Å². The van der Waals surface area contributed by atoms with Crippen LogP contribution >= 0.6 is 11.6 Å². The summed E-state index contributed by atoms with van der Waals surface area (Å²) in [5.41, 5.74) is 2.52. The molecule has 164 valence electrons. The van der Waals surface area contributed by atoms with E-state index in [2.05, 4.69) is 4.57 Å². The molecule has 0 aliphatic heterocycles. The number of benzene rings is 2. The van der Waals surface area contributed by atoms with Crippen LogP contribution in [0.3, 0.4) is 0 Å². The highest BCUT2D eigenvalue weighted by Crippen LogP contribution is 2.24. The Morgan fingerprint density at radius 1 is 1.00 bits per heavy atom. The number of halogens is 1. The molecule has 3 rings (SSSR count). The van der Waals surface area contributed by atoms with Crippen LogP contribution in [0, 0.1) is 0 Å². The Labute approximate surface area is 187 Å². The summed E-state index contributed by atoms with van der Waals surface area (Å²) >= 11 is 6.34. The van der Waals surface area contributed by atoms with Crippen molar-refractivity contribution in [1.29, 1.82) is 0 Å². The van der Waals surface area contributed by atoms with Gasteiger partial charge in [-0.25, -0.2) is 0 Å². The Morgan fingerprint density at radius 3 is 2.35 bits per heavy atom. The fourth-order valence-corrected chi connectivity index (χ4v) is 3.52. The van der Waals surface area contributed by atoms with E-state index >= 15 is 0 Å². The van der Waals surface area contributed by atoms with Gasteiger partial charge in [0.1, 0.15) is 11.5 Å². The fourth-order valence-electron chi connectivity index (χ4n) is 3.32. The van der Waals surface area contributed by atoms with Crippen molar-refractivity contribution in [1.82, 2.24) is 9.47 Å². The normalized spacial score (nSPS) is 10.7. The smallest absolute Gasteiger partial charge is 0.254 e. The third-order valence-electron chi connectivity index (χ3n) is 5.03. The Bertz CT molecular complexity index is 996. The van der Waals surface area contributed by atoms with Crippen LogP contribution in [0.25, 0.3) is 0 Å². The number of nitrogens with zero attached hydrogens (tertiary/aromatic N) is 2. The van der Waals surface area contributed by atoms with E-state index in [4.69, 9.17) is 25.8 Å². The standard InChI is InChI=1S/C24H27ClN2O4/c1-29-12-11-27(24(28)19-13-21(30-2)15-22(14-19)31-3)17-20-8-6-10-26(20)16-18-7-4-5-9-23(18)25/h4-10,13-15H,11-12,16-17H2,1-3H3. The van der Waals surface area contributed by atoms with Crippen LogP contribution in [0.2, 0.25) is 5.02 Å². The van der Waals surface area contributed by atoms with Crippen molar-refractivity contribution >= 4 is 17.5 Å². The molecule has 0 saturated carbocycles. The van der Waals surface area contributed by atoms with Gasteiger partial charge in [-0.05, 0) is 35.9 Å². The molecule has 0 aliphatic rings. The Balaban J connectivity index is 1.85. The SMILES string of the molecule is COCCN(Cc1cccn1Cc1ccccc1Cl)C(=O)c1cc(OC)cc(OC)c1. The molecule has 0 saturated heterocycles. The molecule has 1 amide bonds. The number of amides is 1. The molecule has 0 bridgehead atoms. The maximum Gasteiger partial charge on any atom is 0.254 e. The quantitative estimate of drug-likeness (QED) is 0.464. The molecule has 0 unspecified atom stereocenters. The maximum absolute atomic E-state index is 13.4.